The van der Waals surface area contributed by atoms with Crippen molar-refractivity contribution in [3.05, 3.63) is 30.5 Å². The van der Waals surface area contributed by atoms with Crippen LogP contribution in [0.2, 0.25) is 0 Å². The smallest absolute Gasteiger partial charge is 0.330 e. The minimum Gasteiger partial charge on any atom is -0.467 e. The van der Waals surface area contributed by atoms with Gasteiger partial charge in [0.05, 0.1) is 18.8 Å². The quantitative estimate of drug-likeness (QED) is 0.700. The Kier molecular flexibility index (Phi) is 2.41. The molecular weight excluding hydrogens is 192 g/mol. The Balaban J connectivity index is 2.48. The number of fused-ring (bicyclic) bond motifs is 1. The molecular formula is C11H12N2O2. The minimum absolute atomic E-state index is 0.288. The van der Waals surface area contributed by atoms with Gasteiger partial charge in [0.2, 0.25) is 0 Å². The number of para-hydroxylation sites is 1. The number of hydrogen-bond donors (Lipinski definition) is 0. The highest BCUT2D eigenvalue weighted by atomic mass is 16.5. The lowest BCUT2D eigenvalue weighted by Crippen LogP contribution is -2.18. The second kappa shape index (κ2) is 3.73. The van der Waals surface area contributed by atoms with Crippen LogP contribution in [0, 0.1) is 0 Å². The maximum absolute atomic E-state index is 11.4. The fraction of sp³-hybridized carbons (Fsp3) is 0.273. The van der Waals surface area contributed by atoms with Gasteiger partial charge >= 0.3 is 5.97 Å². The molecule has 78 valence electrons. The molecule has 0 bridgehead atoms. The summed E-state index contributed by atoms with van der Waals surface area (Å²) in [6.45, 7) is 1.77. The van der Waals surface area contributed by atoms with Gasteiger partial charge in [-0.3, -0.25) is 4.68 Å². The Hall–Kier alpha value is -1.84. The summed E-state index contributed by atoms with van der Waals surface area (Å²) >= 11 is 0. The van der Waals surface area contributed by atoms with E-state index in [2.05, 4.69) is 9.84 Å². The van der Waals surface area contributed by atoms with E-state index in [1.165, 1.54) is 7.11 Å². The van der Waals surface area contributed by atoms with Crippen molar-refractivity contribution in [1.29, 1.82) is 0 Å². The van der Waals surface area contributed by atoms with E-state index in [0.717, 1.165) is 10.9 Å². The van der Waals surface area contributed by atoms with Crippen molar-refractivity contribution in [1.82, 2.24) is 9.78 Å². The molecule has 1 heterocycles. The first-order valence-corrected chi connectivity index (χ1v) is 4.74. The van der Waals surface area contributed by atoms with Crippen molar-refractivity contribution >= 4 is 16.9 Å². The Labute approximate surface area is 87.5 Å². The largest absolute Gasteiger partial charge is 0.467 e. The zero-order valence-electron chi connectivity index (χ0n) is 8.68. The zero-order chi connectivity index (χ0) is 10.8. The molecule has 0 spiro atoms. The molecule has 2 rings (SSSR count). The fourth-order valence-corrected chi connectivity index (χ4v) is 1.57. The fourth-order valence-electron chi connectivity index (χ4n) is 1.57. The molecule has 1 atom stereocenters. The van der Waals surface area contributed by atoms with Gasteiger partial charge in [-0.05, 0) is 13.0 Å². The second-order valence-electron chi connectivity index (χ2n) is 3.35. The molecule has 15 heavy (non-hydrogen) atoms. The summed E-state index contributed by atoms with van der Waals surface area (Å²) in [5.74, 6) is -0.288. The Bertz CT molecular complexity index is 490. The molecule has 0 aliphatic carbocycles. The van der Waals surface area contributed by atoms with Gasteiger partial charge in [0.25, 0.3) is 0 Å². The number of aromatic nitrogens is 2. The lowest BCUT2D eigenvalue weighted by atomic mass is 10.2. The molecule has 0 saturated heterocycles. The highest BCUT2D eigenvalue weighted by Gasteiger charge is 2.17. The summed E-state index contributed by atoms with van der Waals surface area (Å²) < 4.78 is 6.35. The van der Waals surface area contributed by atoms with Crippen molar-refractivity contribution in [2.75, 3.05) is 7.11 Å². The molecule has 1 aromatic heterocycles. The predicted octanol–water partition coefficient (Wildman–Crippen LogP) is 1.77. The number of methoxy groups -OCH3 is 1. The molecule has 0 radical (unpaired) electrons. The van der Waals surface area contributed by atoms with Crippen LogP contribution in [0.1, 0.15) is 13.0 Å². The second-order valence-corrected chi connectivity index (χ2v) is 3.35. The average molecular weight is 204 g/mol. The summed E-state index contributed by atoms with van der Waals surface area (Å²) in [7, 11) is 1.38. The van der Waals surface area contributed by atoms with Crippen molar-refractivity contribution in [2.24, 2.45) is 0 Å². The van der Waals surface area contributed by atoms with Gasteiger partial charge < -0.3 is 4.74 Å². The van der Waals surface area contributed by atoms with Gasteiger partial charge in [0.1, 0.15) is 6.04 Å². The number of ether oxygens (including phenoxy) is 1. The third-order valence-electron chi connectivity index (χ3n) is 2.41. The summed E-state index contributed by atoms with van der Waals surface area (Å²) in [5.41, 5.74) is 0.940. The number of hydrogen-bond acceptors (Lipinski definition) is 3. The zero-order valence-corrected chi connectivity index (χ0v) is 8.68. The molecule has 0 aliphatic rings. The first-order chi connectivity index (χ1) is 7.24. The summed E-state index contributed by atoms with van der Waals surface area (Å²) in [5, 5.41) is 5.20. The average Bonchev–Trinajstić information content (AvgIpc) is 2.70. The van der Waals surface area contributed by atoms with Crippen LogP contribution >= 0.6 is 0 Å². The van der Waals surface area contributed by atoms with Crippen molar-refractivity contribution in [3.63, 3.8) is 0 Å². The molecule has 0 amide bonds. The van der Waals surface area contributed by atoms with Gasteiger partial charge in [0, 0.05) is 5.39 Å². The number of carbonyl (C=O) groups excluding carboxylic acids is 1. The van der Waals surface area contributed by atoms with Gasteiger partial charge in [-0.25, -0.2) is 4.79 Å². The number of nitrogens with zero attached hydrogens (tertiary/aromatic N) is 2. The molecule has 0 aliphatic heterocycles. The lowest BCUT2D eigenvalue weighted by molar-refractivity contribution is -0.144. The van der Waals surface area contributed by atoms with Crippen LogP contribution in [0.4, 0.5) is 0 Å². The number of esters is 1. The van der Waals surface area contributed by atoms with Crippen LogP contribution in [0.25, 0.3) is 10.9 Å². The van der Waals surface area contributed by atoms with Gasteiger partial charge in [-0.2, -0.15) is 5.10 Å². The molecule has 0 fully saturated rings. The van der Waals surface area contributed by atoms with Crippen LogP contribution < -0.4 is 0 Å². The standard InChI is InChI=1S/C11H12N2O2/c1-8(11(14)15-2)13-10-6-4-3-5-9(10)7-12-13/h3-8H,1-2H3. The van der Waals surface area contributed by atoms with Crippen molar-refractivity contribution in [3.8, 4) is 0 Å². The maximum Gasteiger partial charge on any atom is 0.330 e. The van der Waals surface area contributed by atoms with E-state index in [4.69, 9.17) is 0 Å². The third-order valence-corrected chi connectivity index (χ3v) is 2.41. The molecule has 4 heteroatoms. The predicted molar refractivity (Wildman–Crippen MR) is 56.5 cm³/mol. The highest BCUT2D eigenvalue weighted by molar-refractivity contribution is 5.81. The van der Waals surface area contributed by atoms with E-state index < -0.39 is 6.04 Å². The molecule has 4 nitrogen and oxygen atoms in total. The van der Waals surface area contributed by atoms with Crippen molar-refractivity contribution in [2.45, 2.75) is 13.0 Å². The number of benzene rings is 1. The molecule has 0 saturated carbocycles. The van der Waals surface area contributed by atoms with Crippen LogP contribution in [-0.2, 0) is 9.53 Å². The summed E-state index contributed by atoms with van der Waals surface area (Å²) in [4.78, 5) is 11.4. The van der Waals surface area contributed by atoms with E-state index in [1.54, 1.807) is 17.8 Å². The topological polar surface area (TPSA) is 44.1 Å². The van der Waals surface area contributed by atoms with Crippen LogP contribution in [-0.4, -0.2) is 22.9 Å². The number of rotatable bonds is 2. The van der Waals surface area contributed by atoms with Gasteiger partial charge in [-0.15, -0.1) is 0 Å². The maximum atomic E-state index is 11.4. The van der Waals surface area contributed by atoms with Crippen molar-refractivity contribution < 1.29 is 9.53 Å². The first kappa shape index (κ1) is 9.71. The Morgan fingerprint density at radius 2 is 2.20 bits per heavy atom. The van der Waals surface area contributed by atoms with Crippen LogP contribution in [0.3, 0.4) is 0 Å². The van der Waals surface area contributed by atoms with Crippen LogP contribution in [0.15, 0.2) is 30.5 Å². The third kappa shape index (κ3) is 1.58. The van der Waals surface area contributed by atoms with E-state index in [0.29, 0.717) is 0 Å². The summed E-state index contributed by atoms with van der Waals surface area (Å²) in [6, 6.07) is 7.36. The molecule has 1 aromatic carbocycles. The van der Waals surface area contributed by atoms with E-state index in [9.17, 15) is 4.79 Å². The van der Waals surface area contributed by atoms with Gasteiger partial charge in [-0.1, -0.05) is 18.2 Å². The number of carbonyl (C=O) groups is 1. The molecule has 0 N–H and O–H groups in total. The van der Waals surface area contributed by atoms with E-state index >= 15 is 0 Å². The Morgan fingerprint density at radius 1 is 1.47 bits per heavy atom. The first-order valence-electron chi connectivity index (χ1n) is 4.74. The van der Waals surface area contributed by atoms with Gasteiger partial charge in [0.15, 0.2) is 0 Å². The molecule has 1 unspecified atom stereocenters. The lowest BCUT2D eigenvalue weighted by Gasteiger charge is -2.10. The monoisotopic (exact) mass is 204 g/mol. The Morgan fingerprint density at radius 3 is 2.93 bits per heavy atom. The normalized spacial score (nSPS) is 12.7. The highest BCUT2D eigenvalue weighted by Crippen LogP contribution is 2.17. The minimum atomic E-state index is -0.394. The molecule has 2 aromatic rings. The van der Waals surface area contributed by atoms with E-state index in [1.807, 2.05) is 24.3 Å². The van der Waals surface area contributed by atoms with Crippen LogP contribution in [0.5, 0.6) is 0 Å². The summed E-state index contributed by atoms with van der Waals surface area (Å²) in [6.07, 6.45) is 1.74. The van der Waals surface area contributed by atoms with E-state index in [-0.39, 0.29) is 5.97 Å². The SMILES string of the molecule is COC(=O)C(C)n1ncc2ccccc21.